The van der Waals surface area contributed by atoms with Crippen LogP contribution in [0.1, 0.15) is 62.4 Å². The molecule has 3 heteroatoms. The van der Waals surface area contributed by atoms with Gasteiger partial charge in [0.05, 0.1) is 0 Å². The highest BCUT2D eigenvalue weighted by Crippen LogP contribution is 2.23. The van der Waals surface area contributed by atoms with Crippen LogP contribution in [0.4, 0.5) is 0 Å². The van der Waals surface area contributed by atoms with E-state index in [1.54, 1.807) is 0 Å². The largest absolute Gasteiger partial charge is 0.351 e. The summed E-state index contributed by atoms with van der Waals surface area (Å²) in [6.45, 7) is 9.30. The molecule has 0 aliphatic carbocycles. The fourth-order valence-corrected chi connectivity index (χ4v) is 2.41. The molecule has 1 N–H and O–H groups in total. The van der Waals surface area contributed by atoms with Gasteiger partial charge in [0.15, 0.2) is 0 Å². The molecular weight excluding hydrogens is 266 g/mol. The Bertz CT molecular complexity index is 454. The van der Waals surface area contributed by atoms with Crippen molar-refractivity contribution in [1.82, 2.24) is 5.32 Å². The Kier molecular flexibility index (Phi) is 6.60. The molecule has 0 aliphatic rings. The molecule has 0 aliphatic heterocycles. The van der Waals surface area contributed by atoms with E-state index >= 15 is 0 Å². The number of thiol groups is 1. The number of amides is 1. The van der Waals surface area contributed by atoms with E-state index in [9.17, 15) is 4.79 Å². The zero-order valence-electron chi connectivity index (χ0n) is 13.1. The molecule has 2 nitrogen and oxygen atoms in total. The summed E-state index contributed by atoms with van der Waals surface area (Å²) in [4.78, 5) is 13.1. The number of hydrogen-bond donors (Lipinski definition) is 2. The van der Waals surface area contributed by atoms with Gasteiger partial charge in [-0.1, -0.05) is 46.1 Å². The first-order valence-electron chi connectivity index (χ1n) is 7.43. The van der Waals surface area contributed by atoms with Crippen LogP contribution in [0.2, 0.25) is 0 Å². The molecule has 0 saturated heterocycles. The van der Waals surface area contributed by atoms with Crippen LogP contribution in [0.15, 0.2) is 23.1 Å². The lowest BCUT2D eigenvalue weighted by Gasteiger charge is -2.25. The van der Waals surface area contributed by atoms with E-state index in [0.717, 1.165) is 22.4 Å². The topological polar surface area (TPSA) is 29.1 Å². The van der Waals surface area contributed by atoms with Crippen LogP contribution in [0.25, 0.3) is 0 Å². The number of carbonyl (C=O) groups excluding carboxylic acids is 1. The molecule has 0 radical (unpaired) electrons. The lowest BCUT2D eigenvalue weighted by atomic mass is 9.87. The molecule has 0 fully saturated rings. The zero-order valence-corrected chi connectivity index (χ0v) is 14.0. The highest BCUT2D eigenvalue weighted by atomic mass is 32.1. The number of carbonyl (C=O) groups is 1. The minimum absolute atomic E-state index is 0.00182. The van der Waals surface area contributed by atoms with Crippen molar-refractivity contribution in [2.75, 3.05) is 6.54 Å². The van der Waals surface area contributed by atoms with Gasteiger partial charge in [0.2, 0.25) is 0 Å². The number of unbranched alkanes of at least 4 members (excludes halogenated alkanes) is 2. The number of hydrogen-bond acceptors (Lipinski definition) is 2. The van der Waals surface area contributed by atoms with Gasteiger partial charge in [0.25, 0.3) is 5.91 Å². The van der Waals surface area contributed by atoms with Crippen LogP contribution in [0.3, 0.4) is 0 Å². The van der Waals surface area contributed by atoms with E-state index in [4.69, 9.17) is 0 Å². The molecule has 0 bridgehead atoms. The normalized spacial score (nSPS) is 11.4. The van der Waals surface area contributed by atoms with Gasteiger partial charge in [-0.25, -0.2) is 0 Å². The number of nitrogens with one attached hydrogen (secondary N) is 1. The third-order valence-electron chi connectivity index (χ3n) is 3.65. The second-order valence-electron chi connectivity index (χ2n) is 6.30. The van der Waals surface area contributed by atoms with E-state index in [1.165, 1.54) is 19.3 Å². The Hall–Kier alpha value is -0.960. The van der Waals surface area contributed by atoms with Gasteiger partial charge in [0.1, 0.15) is 0 Å². The monoisotopic (exact) mass is 293 g/mol. The lowest BCUT2D eigenvalue weighted by Crippen LogP contribution is -2.34. The maximum Gasteiger partial charge on any atom is 0.251 e. The van der Waals surface area contributed by atoms with Gasteiger partial charge in [-0.15, -0.1) is 12.6 Å². The molecule has 1 amide bonds. The van der Waals surface area contributed by atoms with Crippen molar-refractivity contribution in [2.45, 2.75) is 58.3 Å². The number of aryl methyl sites for hydroxylation is 1. The SMILES string of the molecule is CCCCCC(C)(C)CNC(=O)c1cc(S)ccc1C. The fraction of sp³-hybridized carbons (Fsp3) is 0.588. The zero-order chi connectivity index (χ0) is 15.2. The third-order valence-corrected chi connectivity index (χ3v) is 3.93. The second-order valence-corrected chi connectivity index (χ2v) is 6.82. The summed E-state index contributed by atoms with van der Waals surface area (Å²) < 4.78 is 0. The molecule has 1 rings (SSSR count). The van der Waals surface area contributed by atoms with Crippen molar-refractivity contribution < 1.29 is 4.79 Å². The summed E-state index contributed by atoms with van der Waals surface area (Å²) in [5.74, 6) is 0.00182. The van der Waals surface area contributed by atoms with Crippen LogP contribution in [0, 0.1) is 12.3 Å². The first kappa shape index (κ1) is 17.1. The average Bonchev–Trinajstić information content (AvgIpc) is 2.39. The molecule has 0 aromatic heterocycles. The van der Waals surface area contributed by atoms with Crippen molar-refractivity contribution in [3.05, 3.63) is 29.3 Å². The van der Waals surface area contributed by atoms with Crippen molar-refractivity contribution in [2.24, 2.45) is 5.41 Å². The molecule has 0 spiro atoms. The third kappa shape index (κ3) is 5.58. The summed E-state index contributed by atoms with van der Waals surface area (Å²) >= 11 is 4.30. The van der Waals surface area contributed by atoms with Crippen molar-refractivity contribution in [3.8, 4) is 0 Å². The molecule has 1 aromatic rings. The first-order chi connectivity index (χ1) is 9.35. The maximum absolute atomic E-state index is 12.2. The summed E-state index contributed by atoms with van der Waals surface area (Å²) in [5, 5.41) is 3.06. The predicted molar refractivity (Wildman–Crippen MR) is 88.7 cm³/mol. The second kappa shape index (κ2) is 7.72. The Morgan fingerprint density at radius 1 is 1.30 bits per heavy atom. The average molecular weight is 293 g/mol. The summed E-state index contributed by atoms with van der Waals surface area (Å²) in [7, 11) is 0. The van der Waals surface area contributed by atoms with Crippen LogP contribution in [-0.2, 0) is 0 Å². The highest BCUT2D eigenvalue weighted by molar-refractivity contribution is 7.80. The Morgan fingerprint density at radius 3 is 2.65 bits per heavy atom. The van der Waals surface area contributed by atoms with Gasteiger partial charge in [-0.2, -0.15) is 0 Å². The quantitative estimate of drug-likeness (QED) is 0.557. The van der Waals surface area contributed by atoms with Crippen molar-refractivity contribution in [3.63, 3.8) is 0 Å². The van der Waals surface area contributed by atoms with Crippen LogP contribution >= 0.6 is 12.6 Å². The number of rotatable bonds is 7. The summed E-state index contributed by atoms with van der Waals surface area (Å²) in [5.41, 5.74) is 1.86. The molecule has 0 saturated carbocycles. The van der Waals surface area contributed by atoms with E-state index < -0.39 is 0 Å². The molecule has 112 valence electrons. The molecule has 0 heterocycles. The van der Waals surface area contributed by atoms with Crippen LogP contribution in [-0.4, -0.2) is 12.5 Å². The molecule has 0 unspecified atom stereocenters. The summed E-state index contributed by atoms with van der Waals surface area (Å²) in [6.07, 6.45) is 4.87. The smallest absolute Gasteiger partial charge is 0.251 e. The van der Waals surface area contributed by atoms with E-state index in [0.29, 0.717) is 6.54 Å². The molecule has 0 atom stereocenters. The van der Waals surface area contributed by atoms with Gasteiger partial charge in [-0.05, 0) is 36.5 Å². The van der Waals surface area contributed by atoms with Gasteiger partial charge < -0.3 is 5.32 Å². The van der Waals surface area contributed by atoms with E-state index in [1.807, 2.05) is 25.1 Å². The minimum atomic E-state index is 0.00182. The van der Waals surface area contributed by atoms with Gasteiger partial charge in [-0.3, -0.25) is 4.79 Å². The molecule has 20 heavy (non-hydrogen) atoms. The predicted octanol–water partition coefficient (Wildman–Crippen LogP) is 4.62. The van der Waals surface area contributed by atoms with E-state index in [-0.39, 0.29) is 11.3 Å². The fourth-order valence-electron chi connectivity index (χ4n) is 2.21. The lowest BCUT2D eigenvalue weighted by molar-refractivity contribution is 0.0933. The molecular formula is C17H27NOS. The van der Waals surface area contributed by atoms with Gasteiger partial charge >= 0.3 is 0 Å². The van der Waals surface area contributed by atoms with Gasteiger partial charge in [0, 0.05) is 17.0 Å². The maximum atomic E-state index is 12.2. The van der Waals surface area contributed by atoms with Crippen LogP contribution in [0.5, 0.6) is 0 Å². The van der Waals surface area contributed by atoms with Crippen molar-refractivity contribution in [1.29, 1.82) is 0 Å². The van der Waals surface area contributed by atoms with E-state index in [2.05, 4.69) is 38.7 Å². The number of benzene rings is 1. The first-order valence-corrected chi connectivity index (χ1v) is 7.88. The minimum Gasteiger partial charge on any atom is -0.351 e. The Labute approximate surface area is 128 Å². The van der Waals surface area contributed by atoms with Crippen molar-refractivity contribution >= 4 is 18.5 Å². The standard InChI is InChI=1S/C17H27NOS/c1-5-6-7-10-17(3,4)12-18-16(19)15-11-14(20)9-8-13(15)2/h8-9,11,20H,5-7,10,12H2,1-4H3,(H,18,19). The highest BCUT2D eigenvalue weighted by Gasteiger charge is 2.19. The summed E-state index contributed by atoms with van der Waals surface area (Å²) in [6, 6.07) is 5.67. The Morgan fingerprint density at radius 2 is 2.00 bits per heavy atom. The van der Waals surface area contributed by atoms with Crippen LogP contribution < -0.4 is 5.32 Å². The molecule has 1 aromatic carbocycles. The Balaban J connectivity index is 2.56.